The van der Waals surface area contributed by atoms with Gasteiger partial charge in [0.05, 0.1) is 6.61 Å². The van der Waals surface area contributed by atoms with Gasteiger partial charge in [-0.1, -0.05) is 20.8 Å². The molecule has 0 saturated carbocycles. The van der Waals surface area contributed by atoms with E-state index in [2.05, 4.69) is 4.90 Å². The molecule has 0 bridgehead atoms. The van der Waals surface area contributed by atoms with E-state index in [4.69, 9.17) is 5.11 Å². The number of aliphatic hydroxyl groups excluding tert-OH is 1. The number of carbonyl (C=O) groups is 1. The molecule has 1 saturated heterocycles. The topological polar surface area (TPSA) is 43.8 Å². The molecule has 1 rings (SSSR count). The van der Waals surface area contributed by atoms with Crippen molar-refractivity contribution < 1.29 is 9.90 Å². The number of rotatable bonds is 3. The third-order valence-electron chi connectivity index (χ3n) is 2.44. The van der Waals surface area contributed by atoms with E-state index in [9.17, 15) is 4.79 Å². The van der Waals surface area contributed by atoms with Gasteiger partial charge in [0.2, 0.25) is 5.91 Å². The summed E-state index contributed by atoms with van der Waals surface area (Å²) in [5.41, 5.74) is 0. The quantitative estimate of drug-likeness (QED) is 0.749. The third-order valence-corrected chi connectivity index (χ3v) is 2.44. The largest absolute Gasteiger partial charge is 0.395 e. The zero-order valence-corrected chi connectivity index (χ0v) is 10.2. The first-order chi connectivity index (χ1) is 7.27. The molecule has 90 valence electrons. The molecule has 1 aliphatic heterocycles. The van der Waals surface area contributed by atoms with Gasteiger partial charge in [-0.2, -0.15) is 0 Å². The summed E-state index contributed by atoms with van der Waals surface area (Å²) in [7, 11) is 0. The Kier molecular flexibility index (Phi) is 8.33. The van der Waals surface area contributed by atoms with Gasteiger partial charge in [0, 0.05) is 39.1 Å². The molecule has 0 aromatic rings. The van der Waals surface area contributed by atoms with Crippen LogP contribution in [-0.4, -0.2) is 60.1 Å². The molecule has 0 atom stereocenters. The number of hydrogen-bond acceptors (Lipinski definition) is 3. The van der Waals surface area contributed by atoms with Gasteiger partial charge in [-0.3, -0.25) is 9.69 Å². The van der Waals surface area contributed by atoms with E-state index in [-0.39, 0.29) is 12.5 Å². The highest BCUT2D eigenvalue weighted by molar-refractivity contribution is 5.75. The summed E-state index contributed by atoms with van der Waals surface area (Å²) >= 11 is 0. The first-order valence-corrected chi connectivity index (χ1v) is 5.89. The maximum absolute atomic E-state index is 11.3. The van der Waals surface area contributed by atoms with Crippen LogP contribution < -0.4 is 0 Å². The van der Waals surface area contributed by atoms with Crippen molar-refractivity contribution >= 4 is 5.91 Å². The summed E-state index contributed by atoms with van der Waals surface area (Å²) in [6, 6.07) is 0. The van der Waals surface area contributed by atoms with Gasteiger partial charge in [-0.15, -0.1) is 0 Å². The number of β-amino-alcohol motifs (C(OH)–C–C–N with tert-alkyl or cyclic N) is 1. The van der Waals surface area contributed by atoms with Crippen LogP contribution in [0.1, 0.15) is 27.2 Å². The fourth-order valence-electron chi connectivity index (χ4n) is 1.59. The molecule has 1 N–H and O–H groups in total. The van der Waals surface area contributed by atoms with E-state index in [1.807, 2.05) is 25.7 Å². The van der Waals surface area contributed by atoms with Gasteiger partial charge in [0.25, 0.3) is 0 Å². The lowest BCUT2D eigenvalue weighted by atomic mass is 10.3. The van der Waals surface area contributed by atoms with Crippen molar-refractivity contribution in [3.8, 4) is 0 Å². The highest BCUT2D eigenvalue weighted by Gasteiger charge is 2.18. The Labute approximate surface area is 92.9 Å². The van der Waals surface area contributed by atoms with Crippen molar-refractivity contribution in [3.05, 3.63) is 0 Å². The maximum Gasteiger partial charge on any atom is 0.222 e. The van der Waals surface area contributed by atoms with Crippen LogP contribution in [0.5, 0.6) is 0 Å². The van der Waals surface area contributed by atoms with Crippen LogP contribution in [0.15, 0.2) is 0 Å². The minimum atomic E-state index is 0.210. The Morgan fingerprint density at radius 2 is 1.73 bits per heavy atom. The van der Waals surface area contributed by atoms with Crippen LogP contribution in [0.25, 0.3) is 0 Å². The Bertz CT molecular complexity index is 166. The molecule has 4 nitrogen and oxygen atoms in total. The number of carbonyl (C=O) groups excluding carboxylic acids is 1. The van der Waals surface area contributed by atoms with E-state index in [0.29, 0.717) is 6.42 Å². The monoisotopic (exact) mass is 216 g/mol. The van der Waals surface area contributed by atoms with E-state index < -0.39 is 0 Å². The molecule has 4 heteroatoms. The van der Waals surface area contributed by atoms with Crippen LogP contribution in [-0.2, 0) is 4.79 Å². The van der Waals surface area contributed by atoms with Crippen LogP contribution in [0, 0.1) is 0 Å². The summed E-state index contributed by atoms with van der Waals surface area (Å²) in [5, 5.41) is 8.72. The van der Waals surface area contributed by atoms with Gasteiger partial charge >= 0.3 is 0 Å². The van der Waals surface area contributed by atoms with Crippen LogP contribution >= 0.6 is 0 Å². The second-order valence-electron chi connectivity index (χ2n) is 3.30. The summed E-state index contributed by atoms with van der Waals surface area (Å²) in [6.45, 7) is 10.2. The smallest absolute Gasteiger partial charge is 0.222 e. The number of aliphatic hydroxyl groups is 1. The number of nitrogens with zero attached hydrogens (tertiary/aromatic N) is 2. The lowest BCUT2D eigenvalue weighted by Gasteiger charge is -2.34. The summed E-state index contributed by atoms with van der Waals surface area (Å²) in [6.07, 6.45) is 0.597. The van der Waals surface area contributed by atoms with Crippen molar-refractivity contribution in [1.29, 1.82) is 0 Å². The zero-order valence-electron chi connectivity index (χ0n) is 10.2. The van der Waals surface area contributed by atoms with E-state index in [1.165, 1.54) is 0 Å². The highest BCUT2D eigenvalue weighted by atomic mass is 16.3. The lowest BCUT2D eigenvalue weighted by Crippen LogP contribution is -2.49. The molecular formula is C11H24N2O2. The van der Waals surface area contributed by atoms with E-state index >= 15 is 0 Å². The standard InChI is InChI=1S/C9H18N2O2.C2H6/c1-2-9(13)11-5-3-10(4-6-11)7-8-12;1-2/h12H,2-8H2,1H3;1-2H3. The summed E-state index contributed by atoms with van der Waals surface area (Å²) in [5.74, 6) is 0.239. The van der Waals surface area contributed by atoms with Crippen molar-refractivity contribution in [3.63, 3.8) is 0 Å². The van der Waals surface area contributed by atoms with Gasteiger partial charge in [0.15, 0.2) is 0 Å². The molecule has 15 heavy (non-hydrogen) atoms. The number of piperazine rings is 1. The van der Waals surface area contributed by atoms with Gasteiger partial charge < -0.3 is 10.0 Å². The van der Waals surface area contributed by atoms with Crippen molar-refractivity contribution in [2.24, 2.45) is 0 Å². The van der Waals surface area contributed by atoms with Crippen molar-refractivity contribution in [2.45, 2.75) is 27.2 Å². The van der Waals surface area contributed by atoms with Gasteiger partial charge in [-0.25, -0.2) is 0 Å². The van der Waals surface area contributed by atoms with E-state index in [0.717, 1.165) is 32.7 Å². The molecule has 0 spiro atoms. The average molecular weight is 216 g/mol. The molecule has 1 aliphatic rings. The minimum Gasteiger partial charge on any atom is -0.395 e. The maximum atomic E-state index is 11.3. The molecule has 0 aliphatic carbocycles. The first-order valence-electron chi connectivity index (χ1n) is 5.89. The predicted octanol–water partition coefficient (Wildman–Crippen LogP) is 0.559. The second kappa shape index (κ2) is 8.68. The van der Waals surface area contributed by atoms with Crippen LogP contribution in [0.2, 0.25) is 0 Å². The Morgan fingerprint density at radius 1 is 1.20 bits per heavy atom. The van der Waals surface area contributed by atoms with Gasteiger partial charge in [-0.05, 0) is 0 Å². The first kappa shape index (κ1) is 14.4. The minimum absolute atomic E-state index is 0.210. The van der Waals surface area contributed by atoms with Crippen molar-refractivity contribution in [2.75, 3.05) is 39.3 Å². The molecule has 0 radical (unpaired) electrons. The molecule has 0 aromatic heterocycles. The molecule has 0 aromatic carbocycles. The fourth-order valence-corrected chi connectivity index (χ4v) is 1.59. The van der Waals surface area contributed by atoms with Crippen molar-refractivity contribution in [1.82, 2.24) is 9.80 Å². The van der Waals surface area contributed by atoms with Crippen LogP contribution in [0.4, 0.5) is 0 Å². The Morgan fingerprint density at radius 3 is 2.13 bits per heavy atom. The number of amides is 1. The second-order valence-corrected chi connectivity index (χ2v) is 3.30. The third kappa shape index (κ3) is 5.14. The molecule has 1 heterocycles. The fraction of sp³-hybridized carbons (Fsp3) is 0.909. The average Bonchev–Trinajstić information content (AvgIpc) is 2.32. The Hall–Kier alpha value is -0.610. The molecular weight excluding hydrogens is 192 g/mol. The molecule has 1 fully saturated rings. The Balaban J connectivity index is 0.000000921. The molecule has 0 unspecified atom stereocenters. The summed E-state index contributed by atoms with van der Waals surface area (Å²) in [4.78, 5) is 15.4. The SMILES string of the molecule is CC.CCC(=O)N1CCN(CCO)CC1. The highest BCUT2D eigenvalue weighted by Crippen LogP contribution is 2.02. The molecule has 1 amide bonds. The zero-order chi connectivity index (χ0) is 11.7. The predicted molar refractivity (Wildman–Crippen MR) is 61.7 cm³/mol. The normalized spacial score (nSPS) is 16.9. The lowest BCUT2D eigenvalue weighted by molar-refractivity contribution is -0.132. The van der Waals surface area contributed by atoms with E-state index in [1.54, 1.807) is 0 Å². The summed E-state index contributed by atoms with van der Waals surface area (Å²) < 4.78 is 0. The van der Waals surface area contributed by atoms with Crippen LogP contribution in [0.3, 0.4) is 0 Å². The van der Waals surface area contributed by atoms with Gasteiger partial charge in [0.1, 0.15) is 0 Å². The number of hydrogen-bond donors (Lipinski definition) is 1.